The molecule has 0 aliphatic heterocycles. The summed E-state index contributed by atoms with van der Waals surface area (Å²) >= 11 is 13.1. The average molecular weight is 324 g/mol. The van der Waals surface area contributed by atoms with Crippen LogP contribution in [0.25, 0.3) is 6.08 Å². The van der Waals surface area contributed by atoms with Gasteiger partial charge in [-0.25, -0.2) is 4.98 Å². The molecule has 2 rings (SSSR count). The van der Waals surface area contributed by atoms with E-state index >= 15 is 0 Å². The molecule has 1 N–H and O–H groups in total. The summed E-state index contributed by atoms with van der Waals surface area (Å²) in [6.07, 6.45) is 2.97. The minimum absolute atomic E-state index is 0.0653. The number of hydrogen-bond acceptors (Lipinski definition) is 4. The van der Waals surface area contributed by atoms with Gasteiger partial charge in [0.15, 0.2) is 5.13 Å². The third kappa shape index (κ3) is 3.58. The Morgan fingerprint density at radius 1 is 1.45 bits per heavy atom. The Bertz CT molecular complexity index is 705. The highest BCUT2D eigenvalue weighted by Crippen LogP contribution is 2.23. The lowest BCUT2D eigenvalue weighted by Crippen LogP contribution is -2.13. The number of carbonyl (C=O) groups excluding carboxylic acids is 1. The van der Waals surface area contributed by atoms with Crippen LogP contribution in [0.1, 0.15) is 5.56 Å². The number of rotatable bonds is 3. The van der Waals surface area contributed by atoms with E-state index in [4.69, 9.17) is 28.5 Å². The molecule has 1 aromatic heterocycles. The zero-order valence-corrected chi connectivity index (χ0v) is 12.3. The van der Waals surface area contributed by atoms with Crippen LogP contribution in [0.2, 0.25) is 10.0 Å². The zero-order valence-electron chi connectivity index (χ0n) is 9.93. The predicted molar refractivity (Wildman–Crippen MR) is 80.8 cm³/mol. The molecule has 0 aliphatic carbocycles. The Kier molecular flexibility index (Phi) is 4.74. The number of anilines is 1. The van der Waals surface area contributed by atoms with Gasteiger partial charge in [-0.05, 0) is 23.8 Å². The maximum absolute atomic E-state index is 11.9. The summed E-state index contributed by atoms with van der Waals surface area (Å²) in [5.41, 5.74) is 0.478. The smallest absolute Gasteiger partial charge is 0.268 e. The van der Waals surface area contributed by atoms with Crippen molar-refractivity contribution in [2.75, 3.05) is 5.32 Å². The van der Waals surface area contributed by atoms with Crippen LogP contribution in [0.4, 0.5) is 5.13 Å². The van der Waals surface area contributed by atoms with Gasteiger partial charge in [-0.2, -0.15) is 5.26 Å². The molecule has 0 atom stereocenters. The summed E-state index contributed by atoms with van der Waals surface area (Å²) in [4.78, 5) is 15.8. The predicted octanol–water partition coefficient (Wildman–Crippen LogP) is 4.00. The third-order valence-corrected chi connectivity index (χ3v) is 3.53. The Hall–Kier alpha value is -1.87. The molecule has 0 radical (unpaired) electrons. The minimum atomic E-state index is -0.534. The molecule has 0 bridgehead atoms. The molecule has 20 heavy (non-hydrogen) atoms. The van der Waals surface area contributed by atoms with Gasteiger partial charge in [-0.3, -0.25) is 10.1 Å². The number of nitrogens with one attached hydrogen (secondary N) is 1. The van der Waals surface area contributed by atoms with Gasteiger partial charge in [0.1, 0.15) is 11.6 Å². The second-order valence-corrected chi connectivity index (χ2v) is 5.37. The number of amides is 1. The topological polar surface area (TPSA) is 65.8 Å². The van der Waals surface area contributed by atoms with Gasteiger partial charge >= 0.3 is 0 Å². The fraction of sp³-hybridized carbons (Fsp3) is 0. The lowest BCUT2D eigenvalue weighted by Gasteiger charge is -2.02. The van der Waals surface area contributed by atoms with Gasteiger partial charge < -0.3 is 0 Å². The lowest BCUT2D eigenvalue weighted by atomic mass is 10.1. The molecule has 0 spiro atoms. The van der Waals surface area contributed by atoms with Crippen LogP contribution >= 0.6 is 34.5 Å². The molecule has 0 fully saturated rings. The Morgan fingerprint density at radius 3 is 2.85 bits per heavy atom. The van der Waals surface area contributed by atoms with Crippen molar-refractivity contribution in [3.8, 4) is 6.07 Å². The van der Waals surface area contributed by atoms with E-state index in [-0.39, 0.29) is 5.57 Å². The summed E-state index contributed by atoms with van der Waals surface area (Å²) in [6.45, 7) is 0. The van der Waals surface area contributed by atoms with Crippen LogP contribution < -0.4 is 5.32 Å². The molecule has 1 amide bonds. The summed E-state index contributed by atoms with van der Waals surface area (Å²) in [7, 11) is 0. The summed E-state index contributed by atoms with van der Waals surface area (Å²) in [6, 6.07) is 6.65. The van der Waals surface area contributed by atoms with Crippen molar-refractivity contribution in [1.82, 2.24) is 4.98 Å². The number of nitriles is 1. The number of hydrogen-bond donors (Lipinski definition) is 1. The van der Waals surface area contributed by atoms with E-state index < -0.39 is 5.91 Å². The largest absolute Gasteiger partial charge is 0.297 e. The van der Waals surface area contributed by atoms with E-state index in [1.165, 1.54) is 17.4 Å². The zero-order chi connectivity index (χ0) is 14.5. The highest BCUT2D eigenvalue weighted by Gasteiger charge is 2.11. The number of thiazole rings is 1. The quantitative estimate of drug-likeness (QED) is 0.685. The van der Waals surface area contributed by atoms with Crippen LogP contribution in [0, 0.1) is 11.3 Å². The second-order valence-electron chi connectivity index (χ2n) is 3.63. The van der Waals surface area contributed by atoms with Crippen LogP contribution in [0.15, 0.2) is 35.3 Å². The SMILES string of the molecule is N#C/C(=C\c1ccc(Cl)cc1Cl)C(=O)Nc1nccs1. The lowest BCUT2D eigenvalue weighted by molar-refractivity contribution is -0.112. The van der Waals surface area contributed by atoms with Gasteiger partial charge in [0, 0.05) is 21.6 Å². The van der Waals surface area contributed by atoms with Crippen molar-refractivity contribution in [2.24, 2.45) is 0 Å². The van der Waals surface area contributed by atoms with Crippen LogP contribution in [-0.4, -0.2) is 10.9 Å². The van der Waals surface area contributed by atoms with Gasteiger partial charge in [0.05, 0.1) is 0 Å². The van der Waals surface area contributed by atoms with E-state index in [1.54, 1.807) is 29.8 Å². The van der Waals surface area contributed by atoms with Gasteiger partial charge in [0.2, 0.25) is 0 Å². The first-order valence-corrected chi connectivity index (χ1v) is 7.01. The molecule has 1 aromatic carbocycles. The highest BCUT2D eigenvalue weighted by atomic mass is 35.5. The number of aromatic nitrogens is 1. The molecular weight excluding hydrogens is 317 g/mol. The van der Waals surface area contributed by atoms with Crippen molar-refractivity contribution in [1.29, 1.82) is 5.26 Å². The van der Waals surface area contributed by atoms with Crippen molar-refractivity contribution < 1.29 is 4.79 Å². The monoisotopic (exact) mass is 323 g/mol. The number of carbonyl (C=O) groups is 1. The first kappa shape index (κ1) is 14.5. The molecule has 0 aliphatic rings. The van der Waals surface area contributed by atoms with E-state index in [1.807, 2.05) is 6.07 Å². The van der Waals surface area contributed by atoms with Crippen molar-refractivity contribution in [3.05, 3.63) is 51.0 Å². The molecule has 0 unspecified atom stereocenters. The molecule has 1 heterocycles. The number of nitrogens with zero attached hydrogens (tertiary/aromatic N) is 2. The summed E-state index contributed by atoms with van der Waals surface area (Å²) < 4.78 is 0. The van der Waals surface area contributed by atoms with Crippen LogP contribution in [0.3, 0.4) is 0 Å². The second kappa shape index (κ2) is 6.53. The molecule has 0 saturated heterocycles. The Labute approximate surface area is 129 Å². The molecule has 100 valence electrons. The number of halogens is 2. The van der Waals surface area contributed by atoms with E-state index in [2.05, 4.69) is 10.3 Å². The number of benzene rings is 1. The van der Waals surface area contributed by atoms with E-state index in [9.17, 15) is 4.79 Å². The van der Waals surface area contributed by atoms with E-state index in [0.717, 1.165) is 0 Å². The fourth-order valence-electron chi connectivity index (χ4n) is 1.37. The average Bonchev–Trinajstić information content (AvgIpc) is 2.90. The molecular formula is C13H7Cl2N3OS. The first-order valence-electron chi connectivity index (χ1n) is 5.38. The Balaban J connectivity index is 2.25. The van der Waals surface area contributed by atoms with Gasteiger partial charge in [0.25, 0.3) is 5.91 Å². The first-order chi connectivity index (χ1) is 9.60. The third-order valence-electron chi connectivity index (χ3n) is 2.28. The van der Waals surface area contributed by atoms with Crippen molar-refractivity contribution in [2.45, 2.75) is 0 Å². The normalized spacial score (nSPS) is 10.9. The molecule has 2 aromatic rings. The van der Waals surface area contributed by atoms with Crippen molar-refractivity contribution >= 4 is 51.7 Å². The Morgan fingerprint density at radius 2 is 2.25 bits per heavy atom. The standard InChI is InChI=1S/C13H7Cl2N3OS/c14-10-2-1-8(11(15)6-10)5-9(7-16)12(19)18-13-17-3-4-20-13/h1-6H,(H,17,18,19)/b9-5+. The molecule has 0 saturated carbocycles. The minimum Gasteiger partial charge on any atom is -0.297 e. The summed E-state index contributed by atoms with van der Waals surface area (Å²) in [5, 5.41) is 14.6. The fourth-order valence-corrected chi connectivity index (χ4v) is 2.36. The van der Waals surface area contributed by atoms with Crippen LogP contribution in [0.5, 0.6) is 0 Å². The van der Waals surface area contributed by atoms with Crippen LogP contribution in [-0.2, 0) is 4.79 Å². The maximum atomic E-state index is 11.9. The highest BCUT2D eigenvalue weighted by molar-refractivity contribution is 7.13. The maximum Gasteiger partial charge on any atom is 0.268 e. The van der Waals surface area contributed by atoms with Crippen molar-refractivity contribution in [3.63, 3.8) is 0 Å². The van der Waals surface area contributed by atoms with E-state index in [0.29, 0.717) is 20.7 Å². The molecule has 4 nitrogen and oxygen atoms in total. The van der Waals surface area contributed by atoms with Gasteiger partial charge in [-0.1, -0.05) is 29.3 Å². The summed E-state index contributed by atoms with van der Waals surface area (Å²) in [5.74, 6) is -0.534. The molecule has 7 heteroatoms. The van der Waals surface area contributed by atoms with Gasteiger partial charge in [-0.15, -0.1) is 11.3 Å².